The molecule has 2 atom stereocenters. The van der Waals surface area contributed by atoms with Crippen molar-refractivity contribution in [2.75, 3.05) is 46.1 Å². The van der Waals surface area contributed by atoms with Crippen LogP contribution in [-0.4, -0.2) is 63.0 Å². The van der Waals surface area contributed by atoms with Gasteiger partial charge in [-0.15, -0.1) is 11.3 Å². The normalized spacial score (nSPS) is 23.6. The van der Waals surface area contributed by atoms with Crippen LogP contribution in [0.2, 0.25) is 0 Å². The summed E-state index contributed by atoms with van der Waals surface area (Å²) in [5.74, 6) is 0.491. The first-order chi connectivity index (χ1) is 11.3. The van der Waals surface area contributed by atoms with Crippen molar-refractivity contribution in [1.29, 1.82) is 0 Å². The van der Waals surface area contributed by atoms with E-state index in [1.807, 2.05) is 17.5 Å². The van der Waals surface area contributed by atoms with Crippen molar-refractivity contribution in [3.8, 4) is 0 Å². The van der Waals surface area contributed by atoms with Gasteiger partial charge >= 0.3 is 6.03 Å². The quantitative estimate of drug-likeness (QED) is 0.820. The highest BCUT2D eigenvalue weighted by Gasteiger charge is 2.31. The van der Waals surface area contributed by atoms with Crippen LogP contribution >= 0.6 is 11.3 Å². The molecular weight excluding hydrogens is 314 g/mol. The van der Waals surface area contributed by atoms with Gasteiger partial charge in [0.05, 0.1) is 26.4 Å². The Morgan fingerprint density at radius 1 is 1.30 bits per heavy atom. The Hall–Kier alpha value is -1.15. The molecule has 0 aromatic carbocycles. The summed E-state index contributed by atoms with van der Waals surface area (Å²) in [4.78, 5) is 15.6. The van der Waals surface area contributed by atoms with Crippen molar-refractivity contribution in [3.63, 3.8) is 0 Å². The lowest BCUT2D eigenvalue weighted by atomic mass is 9.97. The fourth-order valence-electron chi connectivity index (χ4n) is 3.20. The van der Waals surface area contributed by atoms with Crippen LogP contribution in [0.3, 0.4) is 0 Å². The molecule has 2 amide bonds. The summed E-state index contributed by atoms with van der Waals surface area (Å²) in [6.07, 6.45) is 1.07. The predicted octanol–water partition coefficient (Wildman–Crippen LogP) is 1.28. The number of morpholine rings is 1. The summed E-state index contributed by atoms with van der Waals surface area (Å²) >= 11 is 1.65. The first-order valence-corrected chi connectivity index (χ1v) is 9.14. The van der Waals surface area contributed by atoms with E-state index in [9.17, 15) is 4.79 Å². The zero-order valence-electron chi connectivity index (χ0n) is 13.3. The Morgan fingerprint density at radius 3 is 2.87 bits per heavy atom. The molecule has 0 aliphatic carbocycles. The van der Waals surface area contributed by atoms with Gasteiger partial charge in [0, 0.05) is 43.1 Å². The lowest BCUT2D eigenvalue weighted by molar-refractivity contribution is 0.00212. The van der Waals surface area contributed by atoms with Gasteiger partial charge in [0.1, 0.15) is 0 Å². The topological polar surface area (TPSA) is 62.8 Å². The molecule has 0 saturated carbocycles. The van der Waals surface area contributed by atoms with Crippen molar-refractivity contribution in [2.24, 2.45) is 5.92 Å². The molecular formula is C16H25N3O3S. The molecule has 6 nitrogen and oxygen atoms in total. The number of rotatable bonds is 6. The Balaban J connectivity index is 1.47. The molecule has 2 fully saturated rings. The van der Waals surface area contributed by atoms with E-state index in [-0.39, 0.29) is 6.03 Å². The largest absolute Gasteiger partial charge is 0.381 e. The van der Waals surface area contributed by atoms with Gasteiger partial charge in [-0.25, -0.2) is 4.79 Å². The number of urea groups is 1. The van der Waals surface area contributed by atoms with Crippen LogP contribution in [-0.2, 0) is 16.0 Å². The van der Waals surface area contributed by atoms with E-state index < -0.39 is 0 Å². The molecule has 0 unspecified atom stereocenters. The number of nitrogens with one attached hydrogen (secondary N) is 2. The minimum absolute atomic E-state index is 0.101. The monoisotopic (exact) mass is 339 g/mol. The van der Waals surface area contributed by atoms with Gasteiger partial charge in [-0.3, -0.25) is 4.90 Å². The summed E-state index contributed by atoms with van der Waals surface area (Å²) < 4.78 is 11.0. The van der Waals surface area contributed by atoms with Gasteiger partial charge in [-0.1, -0.05) is 6.07 Å². The lowest BCUT2D eigenvalue weighted by Crippen LogP contribution is -2.53. The lowest BCUT2D eigenvalue weighted by Gasteiger charge is -2.37. The van der Waals surface area contributed by atoms with Crippen LogP contribution in [0.4, 0.5) is 4.79 Å². The van der Waals surface area contributed by atoms with Crippen LogP contribution in [0, 0.1) is 5.92 Å². The molecule has 2 N–H and O–H groups in total. The van der Waals surface area contributed by atoms with Gasteiger partial charge in [-0.2, -0.15) is 0 Å². The number of carbonyl (C=O) groups excluding carboxylic acids is 1. The second-order valence-corrected chi connectivity index (χ2v) is 7.01. The van der Waals surface area contributed by atoms with E-state index in [1.54, 1.807) is 11.3 Å². The molecule has 7 heteroatoms. The van der Waals surface area contributed by atoms with Crippen molar-refractivity contribution in [2.45, 2.75) is 19.0 Å². The summed E-state index contributed by atoms with van der Waals surface area (Å²) in [7, 11) is 0. The average molecular weight is 339 g/mol. The molecule has 128 valence electrons. The van der Waals surface area contributed by atoms with E-state index in [4.69, 9.17) is 9.47 Å². The highest BCUT2D eigenvalue weighted by molar-refractivity contribution is 7.09. The van der Waals surface area contributed by atoms with E-state index in [0.717, 1.165) is 50.8 Å². The number of hydrogen-bond donors (Lipinski definition) is 2. The molecule has 2 saturated heterocycles. The number of carbonyl (C=O) groups is 1. The number of amides is 2. The SMILES string of the molecule is O=C(NCc1cccs1)NC[C@@H]([C@H]1CCOC1)N1CCOCC1. The smallest absolute Gasteiger partial charge is 0.315 e. The van der Waals surface area contributed by atoms with E-state index >= 15 is 0 Å². The summed E-state index contributed by atoms with van der Waals surface area (Å²) in [6, 6.07) is 4.25. The van der Waals surface area contributed by atoms with Gasteiger partial charge in [0.25, 0.3) is 0 Å². The number of hydrogen-bond acceptors (Lipinski definition) is 5. The third-order valence-corrected chi connectivity index (χ3v) is 5.38. The Labute approximate surface area is 141 Å². The summed E-state index contributed by atoms with van der Waals surface area (Å²) in [6.45, 7) is 6.27. The van der Waals surface area contributed by atoms with Crippen LogP contribution in [0.15, 0.2) is 17.5 Å². The highest BCUT2D eigenvalue weighted by atomic mass is 32.1. The van der Waals surface area contributed by atoms with Gasteiger partial charge in [0.2, 0.25) is 0 Å². The zero-order valence-corrected chi connectivity index (χ0v) is 14.1. The van der Waals surface area contributed by atoms with Crippen molar-refractivity contribution < 1.29 is 14.3 Å². The second-order valence-electron chi connectivity index (χ2n) is 5.98. The maximum Gasteiger partial charge on any atom is 0.315 e. The number of nitrogens with zero attached hydrogens (tertiary/aromatic N) is 1. The molecule has 3 rings (SSSR count). The van der Waals surface area contributed by atoms with E-state index in [2.05, 4.69) is 15.5 Å². The third-order valence-electron chi connectivity index (χ3n) is 4.50. The number of thiophene rings is 1. The first kappa shape index (κ1) is 16.7. The minimum atomic E-state index is -0.101. The van der Waals surface area contributed by atoms with E-state index in [1.165, 1.54) is 0 Å². The molecule has 2 aliphatic heterocycles. The van der Waals surface area contributed by atoms with Crippen LogP contribution in [0.25, 0.3) is 0 Å². The highest BCUT2D eigenvalue weighted by Crippen LogP contribution is 2.21. The van der Waals surface area contributed by atoms with Crippen LogP contribution in [0.5, 0.6) is 0 Å². The average Bonchev–Trinajstić information content (AvgIpc) is 3.28. The molecule has 1 aromatic rings. The molecule has 0 radical (unpaired) electrons. The van der Waals surface area contributed by atoms with Crippen molar-refractivity contribution >= 4 is 17.4 Å². The second kappa shape index (κ2) is 8.63. The molecule has 23 heavy (non-hydrogen) atoms. The molecule has 0 bridgehead atoms. The third kappa shape index (κ3) is 4.91. The van der Waals surface area contributed by atoms with Gasteiger partial charge in [-0.05, 0) is 17.9 Å². The Bertz CT molecular complexity index is 471. The fourth-order valence-corrected chi connectivity index (χ4v) is 3.84. The maximum atomic E-state index is 12.0. The van der Waals surface area contributed by atoms with Gasteiger partial charge in [0.15, 0.2) is 0 Å². The summed E-state index contributed by atoms with van der Waals surface area (Å²) in [5.41, 5.74) is 0. The Kier molecular flexibility index (Phi) is 6.27. The van der Waals surface area contributed by atoms with Crippen LogP contribution < -0.4 is 10.6 Å². The molecule has 2 aliphatic rings. The van der Waals surface area contributed by atoms with E-state index in [0.29, 0.717) is 25.0 Å². The molecule has 0 spiro atoms. The van der Waals surface area contributed by atoms with Gasteiger partial charge < -0.3 is 20.1 Å². The van der Waals surface area contributed by atoms with Crippen molar-refractivity contribution in [1.82, 2.24) is 15.5 Å². The molecule has 1 aromatic heterocycles. The molecule has 3 heterocycles. The summed E-state index contributed by atoms with van der Waals surface area (Å²) in [5, 5.41) is 7.97. The standard InChI is InChI=1S/C16H25N3O3S/c20-16(17-10-14-2-1-9-23-14)18-11-15(13-3-6-22-12-13)19-4-7-21-8-5-19/h1-2,9,13,15H,3-8,10-12H2,(H2,17,18,20)/t13-,15-/m0/s1. The zero-order chi connectivity index (χ0) is 15.9. The Morgan fingerprint density at radius 2 is 2.17 bits per heavy atom. The minimum Gasteiger partial charge on any atom is -0.381 e. The number of ether oxygens (including phenoxy) is 2. The van der Waals surface area contributed by atoms with Crippen LogP contribution in [0.1, 0.15) is 11.3 Å². The predicted molar refractivity (Wildman–Crippen MR) is 89.7 cm³/mol. The fraction of sp³-hybridized carbons (Fsp3) is 0.688. The maximum absolute atomic E-state index is 12.0. The first-order valence-electron chi connectivity index (χ1n) is 8.26. The van der Waals surface area contributed by atoms with Crippen molar-refractivity contribution in [3.05, 3.63) is 22.4 Å².